The van der Waals surface area contributed by atoms with E-state index in [2.05, 4.69) is 12.2 Å². The topological polar surface area (TPSA) is 41.6 Å². The molecule has 1 saturated heterocycles. The minimum atomic E-state index is -0.405. The Hall–Kier alpha value is -0.770. The average Bonchev–Trinajstić information content (AvgIpc) is 2.35. The van der Waals surface area contributed by atoms with Crippen LogP contribution in [0, 0.1) is 0 Å². The lowest BCUT2D eigenvalue weighted by molar-refractivity contribution is -0.0492. The van der Waals surface area contributed by atoms with Gasteiger partial charge in [0.15, 0.2) is 0 Å². The summed E-state index contributed by atoms with van der Waals surface area (Å²) in [5.41, 5.74) is -0.331. The number of piperidine rings is 1. The summed E-state index contributed by atoms with van der Waals surface area (Å²) >= 11 is 0. The minimum absolute atomic E-state index is 0.0739. The summed E-state index contributed by atoms with van der Waals surface area (Å²) in [6.07, 6.45) is 8.00. The van der Waals surface area contributed by atoms with Crippen LogP contribution in [0.1, 0.15) is 72.6 Å². The largest absolute Gasteiger partial charge is 0.444 e. The fraction of sp³-hybridized carbons (Fsp3) is 0.941. The average molecular weight is 296 g/mol. The second-order valence-electron chi connectivity index (χ2n) is 7.71. The SMILES string of the molecule is CCCCNC1CCN(C(=O)OC(C)(C)C)C2(CCC2)C1. The van der Waals surface area contributed by atoms with Crippen LogP contribution >= 0.6 is 0 Å². The van der Waals surface area contributed by atoms with Crippen molar-refractivity contribution in [3.8, 4) is 0 Å². The van der Waals surface area contributed by atoms with Crippen LogP contribution in [-0.2, 0) is 4.74 Å². The van der Waals surface area contributed by atoms with Crippen molar-refractivity contribution in [3.63, 3.8) is 0 Å². The Morgan fingerprint density at radius 2 is 2.10 bits per heavy atom. The molecule has 0 bridgehead atoms. The zero-order valence-electron chi connectivity index (χ0n) is 14.2. The van der Waals surface area contributed by atoms with Crippen molar-refractivity contribution < 1.29 is 9.53 Å². The number of hydrogen-bond donors (Lipinski definition) is 1. The van der Waals surface area contributed by atoms with E-state index in [4.69, 9.17) is 4.74 Å². The molecule has 1 aliphatic heterocycles. The van der Waals surface area contributed by atoms with Crippen molar-refractivity contribution in [2.75, 3.05) is 13.1 Å². The summed E-state index contributed by atoms with van der Waals surface area (Å²) in [4.78, 5) is 14.5. The maximum absolute atomic E-state index is 12.5. The van der Waals surface area contributed by atoms with Gasteiger partial charge in [-0.3, -0.25) is 0 Å². The molecule has 122 valence electrons. The Morgan fingerprint density at radius 3 is 2.62 bits per heavy atom. The number of nitrogens with zero attached hydrogens (tertiary/aromatic N) is 1. The third-order valence-electron chi connectivity index (χ3n) is 4.76. The van der Waals surface area contributed by atoms with Gasteiger partial charge in [0.2, 0.25) is 0 Å². The van der Waals surface area contributed by atoms with Gasteiger partial charge in [-0.25, -0.2) is 4.79 Å². The monoisotopic (exact) mass is 296 g/mol. The van der Waals surface area contributed by atoms with Gasteiger partial charge in [-0.15, -0.1) is 0 Å². The van der Waals surface area contributed by atoms with Crippen LogP contribution in [0.2, 0.25) is 0 Å². The number of unbranched alkanes of at least 4 members (excludes halogenated alkanes) is 1. The Bertz CT molecular complexity index is 358. The third-order valence-corrected chi connectivity index (χ3v) is 4.76. The highest BCUT2D eigenvalue weighted by Gasteiger charge is 2.49. The first-order chi connectivity index (χ1) is 9.86. The van der Waals surface area contributed by atoms with Crippen molar-refractivity contribution >= 4 is 6.09 Å². The molecule has 0 aromatic carbocycles. The number of amides is 1. The summed E-state index contributed by atoms with van der Waals surface area (Å²) in [5.74, 6) is 0. The van der Waals surface area contributed by atoms with Gasteiger partial charge < -0.3 is 15.0 Å². The van der Waals surface area contributed by atoms with E-state index in [1.54, 1.807) is 0 Å². The molecule has 21 heavy (non-hydrogen) atoms. The minimum Gasteiger partial charge on any atom is -0.444 e. The molecule has 1 amide bonds. The lowest BCUT2D eigenvalue weighted by Gasteiger charge is -2.54. The molecule has 4 nitrogen and oxygen atoms in total. The van der Waals surface area contributed by atoms with Crippen molar-refractivity contribution in [1.29, 1.82) is 0 Å². The van der Waals surface area contributed by atoms with Crippen molar-refractivity contribution in [2.24, 2.45) is 0 Å². The van der Waals surface area contributed by atoms with Crippen LogP contribution in [0.3, 0.4) is 0 Å². The van der Waals surface area contributed by atoms with Gasteiger partial charge in [0, 0.05) is 18.1 Å². The standard InChI is InChI=1S/C17H32N2O2/c1-5-6-11-18-14-8-12-19(15(20)21-16(2,3)4)17(13-14)9-7-10-17/h14,18H,5-13H2,1-4H3. The maximum atomic E-state index is 12.5. The number of nitrogens with one attached hydrogen (secondary N) is 1. The van der Waals surface area contributed by atoms with E-state index in [1.807, 2.05) is 25.7 Å². The molecule has 1 aliphatic carbocycles. The fourth-order valence-corrected chi connectivity index (χ4v) is 3.51. The number of ether oxygens (including phenoxy) is 1. The lowest BCUT2D eigenvalue weighted by Crippen LogP contribution is -2.63. The highest BCUT2D eigenvalue weighted by molar-refractivity contribution is 5.69. The summed E-state index contributed by atoms with van der Waals surface area (Å²) < 4.78 is 5.61. The Labute approximate surface area is 129 Å². The zero-order valence-corrected chi connectivity index (χ0v) is 14.2. The predicted octanol–water partition coefficient (Wildman–Crippen LogP) is 3.70. The van der Waals surface area contributed by atoms with E-state index in [9.17, 15) is 4.79 Å². The highest BCUT2D eigenvalue weighted by Crippen LogP contribution is 2.45. The maximum Gasteiger partial charge on any atom is 0.410 e. The molecule has 1 spiro atoms. The Kier molecular flexibility index (Phi) is 5.18. The van der Waals surface area contributed by atoms with Crippen LogP contribution in [0.5, 0.6) is 0 Å². The lowest BCUT2D eigenvalue weighted by atomic mass is 9.69. The number of carbonyl (C=O) groups excluding carboxylic acids is 1. The molecule has 1 heterocycles. The summed E-state index contributed by atoms with van der Waals surface area (Å²) in [7, 11) is 0. The molecular formula is C17H32N2O2. The van der Waals surface area contributed by atoms with Crippen molar-refractivity contribution in [1.82, 2.24) is 10.2 Å². The van der Waals surface area contributed by atoms with E-state index < -0.39 is 5.60 Å². The number of carbonyl (C=O) groups is 1. The Morgan fingerprint density at radius 1 is 1.38 bits per heavy atom. The van der Waals surface area contributed by atoms with Crippen LogP contribution in [-0.4, -0.2) is 41.3 Å². The van der Waals surface area contributed by atoms with Crippen molar-refractivity contribution in [3.05, 3.63) is 0 Å². The van der Waals surface area contributed by atoms with E-state index >= 15 is 0 Å². The van der Waals surface area contributed by atoms with Crippen LogP contribution in [0.15, 0.2) is 0 Å². The highest BCUT2D eigenvalue weighted by atomic mass is 16.6. The van der Waals surface area contributed by atoms with Gasteiger partial charge in [-0.2, -0.15) is 0 Å². The molecule has 1 unspecified atom stereocenters. The molecule has 0 aromatic rings. The zero-order chi connectivity index (χ0) is 15.5. The summed E-state index contributed by atoms with van der Waals surface area (Å²) in [5, 5.41) is 3.67. The molecule has 0 radical (unpaired) electrons. The second kappa shape index (κ2) is 6.55. The van der Waals surface area contributed by atoms with Crippen molar-refractivity contribution in [2.45, 2.75) is 89.8 Å². The number of hydrogen-bond acceptors (Lipinski definition) is 3. The first-order valence-electron chi connectivity index (χ1n) is 8.60. The molecule has 2 rings (SSSR count). The second-order valence-corrected chi connectivity index (χ2v) is 7.71. The fourth-order valence-electron chi connectivity index (χ4n) is 3.51. The van der Waals surface area contributed by atoms with E-state index in [0.29, 0.717) is 6.04 Å². The third kappa shape index (κ3) is 4.12. The molecule has 2 fully saturated rings. The quantitative estimate of drug-likeness (QED) is 0.804. The van der Waals surface area contributed by atoms with E-state index in [-0.39, 0.29) is 11.6 Å². The molecule has 4 heteroatoms. The van der Waals surface area contributed by atoms with Gasteiger partial charge in [0.25, 0.3) is 0 Å². The number of likely N-dealkylation sites (tertiary alicyclic amines) is 1. The van der Waals surface area contributed by atoms with Gasteiger partial charge in [-0.1, -0.05) is 13.3 Å². The summed E-state index contributed by atoms with van der Waals surface area (Å²) in [6, 6.07) is 0.565. The first-order valence-corrected chi connectivity index (χ1v) is 8.60. The molecule has 0 aromatic heterocycles. The molecule has 1 atom stereocenters. The Balaban J connectivity index is 1.94. The van der Waals surface area contributed by atoms with E-state index in [1.165, 1.54) is 19.3 Å². The van der Waals surface area contributed by atoms with Gasteiger partial charge >= 0.3 is 6.09 Å². The molecular weight excluding hydrogens is 264 g/mol. The van der Waals surface area contributed by atoms with E-state index in [0.717, 1.165) is 38.8 Å². The normalized spacial score (nSPS) is 24.8. The van der Waals surface area contributed by atoms with Gasteiger partial charge in [-0.05, 0) is 65.8 Å². The van der Waals surface area contributed by atoms with Gasteiger partial charge in [0.05, 0.1) is 0 Å². The molecule has 1 N–H and O–H groups in total. The summed E-state index contributed by atoms with van der Waals surface area (Å²) in [6.45, 7) is 9.98. The van der Waals surface area contributed by atoms with Crippen LogP contribution < -0.4 is 5.32 Å². The molecule has 1 saturated carbocycles. The number of rotatable bonds is 4. The van der Waals surface area contributed by atoms with Gasteiger partial charge in [0.1, 0.15) is 5.60 Å². The smallest absolute Gasteiger partial charge is 0.410 e. The predicted molar refractivity (Wildman–Crippen MR) is 85.5 cm³/mol. The molecule has 2 aliphatic rings. The van der Waals surface area contributed by atoms with Crippen LogP contribution in [0.4, 0.5) is 4.79 Å². The van der Waals surface area contributed by atoms with Crippen LogP contribution in [0.25, 0.3) is 0 Å². The first kappa shape index (κ1) is 16.6.